The molecule has 0 saturated carbocycles. The van der Waals surface area contributed by atoms with E-state index in [0.29, 0.717) is 30.0 Å². The quantitative estimate of drug-likeness (QED) is 0.479. The van der Waals surface area contributed by atoms with Gasteiger partial charge in [0.1, 0.15) is 0 Å². The summed E-state index contributed by atoms with van der Waals surface area (Å²) in [5.41, 5.74) is 5.96. The average molecular weight is 431 g/mol. The molecule has 2 heterocycles. The maximum Gasteiger partial charge on any atom is 0.254 e. The van der Waals surface area contributed by atoms with Gasteiger partial charge in [-0.05, 0) is 43.5 Å². The van der Waals surface area contributed by atoms with E-state index in [9.17, 15) is 4.79 Å². The molecule has 0 spiro atoms. The van der Waals surface area contributed by atoms with Crippen molar-refractivity contribution in [2.75, 3.05) is 20.8 Å². The van der Waals surface area contributed by atoms with Crippen LogP contribution in [0.1, 0.15) is 27.3 Å². The zero-order valence-corrected chi connectivity index (χ0v) is 18.7. The number of nitrogens with zero attached hydrogens (tertiary/aromatic N) is 3. The fourth-order valence-electron chi connectivity index (χ4n) is 3.82. The number of aromatic nitrogens is 3. The number of ether oxygens (including phenoxy) is 2. The van der Waals surface area contributed by atoms with Crippen LogP contribution in [0.5, 0.6) is 11.5 Å². The van der Waals surface area contributed by atoms with Crippen molar-refractivity contribution in [1.82, 2.24) is 19.9 Å². The van der Waals surface area contributed by atoms with E-state index in [0.717, 1.165) is 33.7 Å². The first-order valence-corrected chi connectivity index (χ1v) is 10.4. The summed E-state index contributed by atoms with van der Waals surface area (Å²) in [6.07, 6.45) is 2.30. The van der Waals surface area contributed by atoms with Gasteiger partial charge in [0.15, 0.2) is 17.1 Å². The second-order valence-electron chi connectivity index (χ2n) is 7.51. The minimum absolute atomic E-state index is 0.174. The predicted octanol–water partition coefficient (Wildman–Crippen LogP) is 4.00. The van der Waals surface area contributed by atoms with Crippen LogP contribution in [-0.4, -0.2) is 41.3 Å². The Labute approximate surface area is 187 Å². The van der Waals surface area contributed by atoms with Gasteiger partial charge in [0.05, 0.1) is 31.2 Å². The zero-order valence-electron chi connectivity index (χ0n) is 18.7. The molecule has 0 bridgehead atoms. The van der Waals surface area contributed by atoms with Crippen LogP contribution in [0.4, 0.5) is 0 Å². The molecule has 0 aliphatic heterocycles. The molecule has 7 heteroatoms. The van der Waals surface area contributed by atoms with E-state index < -0.39 is 0 Å². The van der Waals surface area contributed by atoms with Gasteiger partial charge in [0.25, 0.3) is 5.91 Å². The van der Waals surface area contributed by atoms with E-state index in [-0.39, 0.29) is 5.91 Å². The third-order valence-corrected chi connectivity index (χ3v) is 5.51. The number of fused-ring (bicyclic) bond motifs is 1. The summed E-state index contributed by atoms with van der Waals surface area (Å²) in [4.78, 5) is 17.4. The van der Waals surface area contributed by atoms with Gasteiger partial charge >= 0.3 is 0 Å². The molecule has 32 heavy (non-hydrogen) atoms. The summed E-state index contributed by atoms with van der Waals surface area (Å²) in [5.74, 6) is 1.18. The maximum absolute atomic E-state index is 12.8. The minimum Gasteiger partial charge on any atom is -0.493 e. The van der Waals surface area contributed by atoms with Crippen molar-refractivity contribution >= 4 is 11.6 Å². The van der Waals surface area contributed by atoms with Crippen LogP contribution in [-0.2, 0) is 6.42 Å². The number of nitrogens with one attached hydrogen (secondary N) is 1. The molecule has 0 unspecified atom stereocenters. The first-order chi connectivity index (χ1) is 15.5. The molecular formula is C25H26N4O3. The van der Waals surface area contributed by atoms with Crippen LogP contribution in [0.15, 0.2) is 54.7 Å². The van der Waals surface area contributed by atoms with Crippen LogP contribution < -0.4 is 14.8 Å². The van der Waals surface area contributed by atoms with E-state index in [4.69, 9.17) is 9.47 Å². The molecule has 7 nitrogen and oxygen atoms in total. The largest absolute Gasteiger partial charge is 0.493 e. The van der Waals surface area contributed by atoms with Crippen molar-refractivity contribution in [2.24, 2.45) is 0 Å². The standard InChI is InChI=1S/C25H26N4O3/c1-16-23(19-8-6-5-7-9-19)24-27-15-20(17(2)29(24)28-16)25(30)26-13-12-18-10-11-21(31-3)22(14-18)32-4/h5-11,14-15H,12-13H2,1-4H3,(H,26,30). The van der Waals surface area contributed by atoms with Crippen molar-refractivity contribution in [2.45, 2.75) is 20.3 Å². The van der Waals surface area contributed by atoms with Gasteiger partial charge in [-0.25, -0.2) is 9.50 Å². The summed E-state index contributed by atoms with van der Waals surface area (Å²) in [7, 11) is 3.21. The lowest BCUT2D eigenvalue weighted by Crippen LogP contribution is -2.27. The lowest BCUT2D eigenvalue weighted by Gasteiger charge is -2.11. The summed E-state index contributed by atoms with van der Waals surface area (Å²) < 4.78 is 12.4. The Morgan fingerprint density at radius 2 is 1.78 bits per heavy atom. The molecule has 4 rings (SSSR count). The Morgan fingerprint density at radius 1 is 1.03 bits per heavy atom. The number of rotatable bonds is 7. The van der Waals surface area contributed by atoms with E-state index in [1.807, 2.05) is 62.4 Å². The Bertz CT molecular complexity index is 1270. The molecule has 2 aromatic heterocycles. The first-order valence-electron chi connectivity index (χ1n) is 10.4. The summed E-state index contributed by atoms with van der Waals surface area (Å²) in [5, 5.41) is 7.62. The normalized spacial score (nSPS) is 10.9. The van der Waals surface area contributed by atoms with E-state index in [2.05, 4.69) is 15.4 Å². The monoisotopic (exact) mass is 430 g/mol. The van der Waals surface area contributed by atoms with Gasteiger partial charge in [-0.15, -0.1) is 0 Å². The van der Waals surface area contributed by atoms with Gasteiger partial charge in [-0.2, -0.15) is 5.10 Å². The molecule has 0 radical (unpaired) electrons. The van der Waals surface area contributed by atoms with Crippen LogP contribution in [0, 0.1) is 13.8 Å². The highest BCUT2D eigenvalue weighted by Crippen LogP contribution is 2.29. The minimum atomic E-state index is -0.174. The van der Waals surface area contributed by atoms with Crippen LogP contribution in [0.2, 0.25) is 0 Å². The number of hydrogen-bond donors (Lipinski definition) is 1. The second-order valence-corrected chi connectivity index (χ2v) is 7.51. The second kappa shape index (κ2) is 9.09. The summed E-state index contributed by atoms with van der Waals surface area (Å²) in [6, 6.07) is 15.8. The zero-order chi connectivity index (χ0) is 22.7. The Morgan fingerprint density at radius 3 is 2.50 bits per heavy atom. The maximum atomic E-state index is 12.8. The molecule has 4 aromatic rings. The van der Waals surface area contributed by atoms with E-state index in [1.165, 1.54) is 0 Å². The third-order valence-electron chi connectivity index (χ3n) is 5.51. The molecule has 1 amide bonds. The molecular weight excluding hydrogens is 404 g/mol. The van der Waals surface area contributed by atoms with E-state index in [1.54, 1.807) is 24.9 Å². The highest BCUT2D eigenvalue weighted by atomic mass is 16.5. The Kier molecular flexibility index (Phi) is 6.07. The highest BCUT2D eigenvalue weighted by Gasteiger charge is 2.18. The smallest absolute Gasteiger partial charge is 0.254 e. The molecule has 1 N–H and O–H groups in total. The van der Waals surface area contributed by atoms with Gasteiger partial charge < -0.3 is 14.8 Å². The van der Waals surface area contributed by atoms with Crippen LogP contribution in [0.3, 0.4) is 0 Å². The number of amides is 1. The SMILES string of the molecule is COc1ccc(CCNC(=O)c2cnc3c(-c4ccccc4)c(C)nn3c2C)cc1OC. The number of hydrogen-bond acceptors (Lipinski definition) is 5. The van der Waals surface area contributed by atoms with Crippen molar-refractivity contribution in [3.05, 3.63) is 77.2 Å². The molecule has 2 aromatic carbocycles. The Hall–Kier alpha value is -3.87. The topological polar surface area (TPSA) is 77.8 Å². The number of aryl methyl sites for hydroxylation is 2. The van der Waals surface area contributed by atoms with Crippen molar-refractivity contribution in [3.63, 3.8) is 0 Å². The molecule has 0 fully saturated rings. The predicted molar refractivity (Wildman–Crippen MR) is 123 cm³/mol. The molecule has 0 saturated heterocycles. The molecule has 0 atom stereocenters. The summed E-state index contributed by atoms with van der Waals surface area (Å²) in [6.45, 7) is 4.33. The lowest BCUT2D eigenvalue weighted by molar-refractivity contribution is 0.0952. The Balaban J connectivity index is 1.51. The van der Waals surface area contributed by atoms with Crippen molar-refractivity contribution in [1.29, 1.82) is 0 Å². The highest BCUT2D eigenvalue weighted by molar-refractivity contribution is 5.95. The molecule has 0 aliphatic rings. The fourth-order valence-corrected chi connectivity index (χ4v) is 3.82. The lowest BCUT2D eigenvalue weighted by atomic mass is 10.1. The number of benzene rings is 2. The molecule has 0 aliphatic carbocycles. The van der Waals surface area contributed by atoms with Gasteiger partial charge in [-0.3, -0.25) is 4.79 Å². The third kappa shape index (κ3) is 4.01. The van der Waals surface area contributed by atoms with Crippen LogP contribution >= 0.6 is 0 Å². The van der Waals surface area contributed by atoms with Crippen molar-refractivity contribution in [3.8, 4) is 22.6 Å². The average Bonchev–Trinajstić information content (AvgIpc) is 3.16. The molecule has 164 valence electrons. The van der Waals surface area contributed by atoms with Crippen molar-refractivity contribution < 1.29 is 14.3 Å². The fraction of sp³-hybridized carbons (Fsp3) is 0.240. The van der Waals surface area contributed by atoms with E-state index >= 15 is 0 Å². The van der Waals surface area contributed by atoms with Gasteiger partial charge in [0.2, 0.25) is 0 Å². The summed E-state index contributed by atoms with van der Waals surface area (Å²) >= 11 is 0. The number of carbonyl (C=O) groups excluding carboxylic acids is 1. The number of methoxy groups -OCH3 is 2. The van der Waals surface area contributed by atoms with Gasteiger partial charge in [-0.1, -0.05) is 36.4 Å². The number of carbonyl (C=O) groups is 1. The van der Waals surface area contributed by atoms with Gasteiger partial charge in [0, 0.05) is 18.3 Å². The first kappa shape index (κ1) is 21.4. The van der Waals surface area contributed by atoms with Crippen LogP contribution in [0.25, 0.3) is 16.8 Å².